The number of benzene rings is 3. The number of likely N-dealkylation sites (N-methyl/N-ethyl adjacent to an activating group) is 1. The Balaban J connectivity index is 1.83. The van der Waals surface area contributed by atoms with E-state index >= 15 is 0 Å². The number of ether oxygens (including phenoxy) is 2. The zero-order valence-corrected chi connectivity index (χ0v) is 21.2. The predicted octanol–water partition coefficient (Wildman–Crippen LogP) is 6.46. The van der Waals surface area contributed by atoms with Crippen molar-refractivity contribution >= 4 is 23.2 Å². The van der Waals surface area contributed by atoms with Crippen LogP contribution in [0.4, 0.5) is 0 Å². The zero-order valence-electron chi connectivity index (χ0n) is 19.6. The monoisotopic (exact) mass is 483 g/mol. The molecule has 4 rings (SSSR count). The van der Waals surface area contributed by atoms with Gasteiger partial charge < -0.3 is 14.4 Å². The van der Waals surface area contributed by atoms with Crippen molar-refractivity contribution in [2.75, 3.05) is 34.4 Å². The van der Waals surface area contributed by atoms with Gasteiger partial charge in [-0.3, -0.25) is 0 Å². The Morgan fingerprint density at radius 3 is 1.79 bits per heavy atom. The average Bonchev–Trinajstić information content (AvgIpc) is 3.30. The van der Waals surface area contributed by atoms with Crippen molar-refractivity contribution in [1.82, 2.24) is 4.90 Å². The minimum Gasteiger partial charge on any atom is -0.497 e. The van der Waals surface area contributed by atoms with Gasteiger partial charge in [-0.25, -0.2) is 0 Å². The van der Waals surface area contributed by atoms with Gasteiger partial charge in [-0.15, -0.1) is 0 Å². The van der Waals surface area contributed by atoms with E-state index in [-0.39, 0.29) is 0 Å². The maximum Gasteiger partial charge on any atom is 0.143 e. The Morgan fingerprint density at radius 1 is 0.758 bits per heavy atom. The number of alkyl halides is 2. The topological polar surface area (TPSA) is 21.7 Å². The highest BCUT2D eigenvalue weighted by Crippen LogP contribution is 2.82. The van der Waals surface area contributed by atoms with E-state index in [0.717, 1.165) is 41.2 Å². The number of rotatable bonds is 9. The van der Waals surface area contributed by atoms with Crippen LogP contribution in [0.25, 0.3) is 0 Å². The van der Waals surface area contributed by atoms with Gasteiger partial charge in [-0.1, -0.05) is 84.7 Å². The zero-order chi connectivity index (χ0) is 23.7. The first kappa shape index (κ1) is 23.9. The normalized spacial score (nSPS) is 23.4. The molecule has 2 atom stereocenters. The third-order valence-electron chi connectivity index (χ3n) is 7.00. The lowest BCUT2D eigenvalue weighted by Gasteiger charge is -2.26. The summed E-state index contributed by atoms with van der Waals surface area (Å²) >= 11 is 14.6. The van der Waals surface area contributed by atoms with Crippen molar-refractivity contribution in [3.8, 4) is 11.5 Å². The molecule has 174 valence electrons. The number of hydrogen-bond acceptors (Lipinski definition) is 3. The van der Waals surface area contributed by atoms with Gasteiger partial charge in [0.15, 0.2) is 0 Å². The van der Waals surface area contributed by atoms with E-state index in [9.17, 15) is 0 Å². The smallest absolute Gasteiger partial charge is 0.143 e. The Morgan fingerprint density at radius 2 is 1.30 bits per heavy atom. The minimum atomic E-state index is -1.03. The third kappa shape index (κ3) is 3.62. The molecule has 3 nitrogen and oxygen atoms in total. The molecular formula is C28H31Cl2NO2. The molecule has 2 unspecified atom stereocenters. The molecule has 3 aromatic carbocycles. The maximum absolute atomic E-state index is 7.32. The molecule has 0 spiro atoms. The molecule has 1 saturated carbocycles. The molecule has 1 aliphatic rings. The van der Waals surface area contributed by atoms with Crippen LogP contribution in [0.1, 0.15) is 30.0 Å². The second-order valence-corrected chi connectivity index (χ2v) is 10.2. The lowest BCUT2D eigenvalue weighted by atomic mass is 9.76. The molecule has 0 aliphatic heterocycles. The largest absolute Gasteiger partial charge is 0.497 e. The summed E-state index contributed by atoms with van der Waals surface area (Å²) in [6, 6.07) is 26.8. The van der Waals surface area contributed by atoms with E-state index < -0.39 is 15.2 Å². The lowest BCUT2D eigenvalue weighted by Crippen LogP contribution is -2.23. The van der Waals surface area contributed by atoms with Crippen LogP contribution in [0.15, 0.2) is 78.9 Å². The summed E-state index contributed by atoms with van der Waals surface area (Å²) in [5.74, 6) is 1.64. The third-order valence-corrected chi connectivity index (χ3v) is 8.21. The lowest BCUT2D eigenvalue weighted by molar-refractivity contribution is 0.261. The quantitative estimate of drug-likeness (QED) is 0.326. The Kier molecular flexibility index (Phi) is 6.68. The fraction of sp³-hybridized carbons (Fsp3) is 0.357. The van der Waals surface area contributed by atoms with Crippen molar-refractivity contribution in [2.45, 2.75) is 28.5 Å². The molecule has 3 aromatic rings. The number of hydrogen-bond donors (Lipinski definition) is 0. The molecular weight excluding hydrogens is 453 g/mol. The average molecular weight is 484 g/mol. The van der Waals surface area contributed by atoms with Crippen LogP contribution >= 0.6 is 23.2 Å². The molecule has 0 radical (unpaired) electrons. The first-order valence-corrected chi connectivity index (χ1v) is 12.1. The summed E-state index contributed by atoms with van der Waals surface area (Å²) in [6.07, 6.45) is 0.789. The fourth-order valence-electron chi connectivity index (χ4n) is 5.37. The molecule has 33 heavy (non-hydrogen) atoms. The van der Waals surface area contributed by atoms with Crippen LogP contribution in [-0.2, 0) is 10.8 Å². The van der Waals surface area contributed by atoms with Crippen molar-refractivity contribution < 1.29 is 9.47 Å². The van der Waals surface area contributed by atoms with Crippen molar-refractivity contribution in [2.24, 2.45) is 0 Å². The van der Waals surface area contributed by atoms with Crippen LogP contribution in [0, 0.1) is 0 Å². The first-order valence-electron chi connectivity index (χ1n) is 11.3. The molecule has 0 amide bonds. The number of halogens is 2. The summed E-state index contributed by atoms with van der Waals surface area (Å²) in [5, 5.41) is 0. The summed E-state index contributed by atoms with van der Waals surface area (Å²) < 4.78 is 10.3. The van der Waals surface area contributed by atoms with Crippen LogP contribution < -0.4 is 9.47 Å². The molecule has 0 saturated heterocycles. The molecule has 0 heterocycles. The van der Waals surface area contributed by atoms with Gasteiger partial charge in [0, 0.05) is 12.0 Å². The van der Waals surface area contributed by atoms with Gasteiger partial charge in [0.2, 0.25) is 0 Å². The second kappa shape index (κ2) is 9.21. The van der Waals surface area contributed by atoms with Gasteiger partial charge in [0.25, 0.3) is 0 Å². The fourth-order valence-corrected chi connectivity index (χ4v) is 6.80. The number of methoxy groups -OCH3 is 1. The molecule has 0 aromatic heterocycles. The van der Waals surface area contributed by atoms with E-state index in [2.05, 4.69) is 60.4 Å². The van der Waals surface area contributed by atoms with E-state index in [1.165, 1.54) is 0 Å². The predicted molar refractivity (Wildman–Crippen MR) is 137 cm³/mol. The van der Waals surface area contributed by atoms with Crippen LogP contribution in [0.3, 0.4) is 0 Å². The molecule has 0 N–H and O–H groups in total. The van der Waals surface area contributed by atoms with E-state index in [4.69, 9.17) is 32.7 Å². The van der Waals surface area contributed by atoms with E-state index in [1.807, 2.05) is 44.4 Å². The first-order chi connectivity index (χ1) is 15.8. The van der Waals surface area contributed by atoms with Crippen LogP contribution in [0.5, 0.6) is 11.5 Å². The van der Waals surface area contributed by atoms with Crippen LogP contribution in [0.2, 0.25) is 0 Å². The van der Waals surface area contributed by atoms with Crippen molar-refractivity contribution in [3.63, 3.8) is 0 Å². The summed E-state index contributed by atoms with van der Waals surface area (Å²) in [5.41, 5.74) is 2.18. The Hall–Kier alpha value is -2.20. The minimum absolute atomic E-state index is 0.480. The van der Waals surface area contributed by atoms with E-state index in [0.29, 0.717) is 6.61 Å². The summed E-state index contributed by atoms with van der Waals surface area (Å²) in [7, 11) is 5.74. The van der Waals surface area contributed by atoms with Crippen molar-refractivity contribution in [1.29, 1.82) is 0 Å². The molecule has 1 fully saturated rings. The van der Waals surface area contributed by atoms with Gasteiger partial charge in [-0.05, 0) is 61.5 Å². The SMILES string of the molecule is CCC1(c2ccccc2)C(Cl)(Cl)C1(c1ccc(OC)cc1)c1ccc(OCCN(C)C)cc1. The molecule has 5 heteroatoms. The Bertz CT molecular complexity index is 1070. The van der Waals surface area contributed by atoms with Gasteiger partial charge in [0.05, 0.1) is 12.5 Å². The second-order valence-electron chi connectivity index (χ2n) is 8.85. The standard InChI is InChI=1S/C28H31Cl2NO2/c1-5-26(21-9-7-6-8-10-21)27(28(26,29)30,22-11-15-24(32-4)16-12-22)23-13-17-25(18-14-23)33-20-19-31(2)3/h6-18H,5,19-20H2,1-4H3. The molecule has 0 bridgehead atoms. The van der Waals surface area contributed by atoms with Gasteiger partial charge >= 0.3 is 0 Å². The summed E-state index contributed by atoms with van der Waals surface area (Å²) in [6.45, 7) is 3.65. The highest BCUT2D eigenvalue weighted by molar-refractivity contribution is 6.54. The highest BCUT2D eigenvalue weighted by Gasteiger charge is 2.87. The van der Waals surface area contributed by atoms with Gasteiger partial charge in [0.1, 0.15) is 22.4 Å². The molecule has 1 aliphatic carbocycles. The van der Waals surface area contributed by atoms with Crippen molar-refractivity contribution in [3.05, 3.63) is 95.6 Å². The van der Waals surface area contributed by atoms with Crippen LogP contribution in [-0.4, -0.2) is 43.6 Å². The number of nitrogens with zero attached hydrogens (tertiary/aromatic N) is 1. The van der Waals surface area contributed by atoms with E-state index in [1.54, 1.807) is 7.11 Å². The maximum atomic E-state index is 7.32. The van der Waals surface area contributed by atoms with Gasteiger partial charge in [-0.2, -0.15) is 0 Å². The summed E-state index contributed by atoms with van der Waals surface area (Å²) in [4.78, 5) is 2.10. The Labute approximate surface area is 207 Å². The highest BCUT2D eigenvalue weighted by atomic mass is 35.5.